The summed E-state index contributed by atoms with van der Waals surface area (Å²) in [7, 11) is 0. The largest absolute Gasteiger partial charge is 0.508 e. The van der Waals surface area contributed by atoms with Gasteiger partial charge in [0.1, 0.15) is 29.7 Å². The quantitative estimate of drug-likeness (QED) is 0.307. The van der Waals surface area contributed by atoms with Crippen molar-refractivity contribution in [2.24, 2.45) is 0 Å². The second kappa shape index (κ2) is 8.44. The summed E-state index contributed by atoms with van der Waals surface area (Å²) < 4.78 is 5.60. The molecule has 0 heterocycles. The highest BCUT2D eigenvalue weighted by atomic mass is 16.5. The molecule has 3 aromatic rings. The number of nitriles is 1. The van der Waals surface area contributed by atoms with Gasteiger partial charge in [0.15, 0.2) is 0 Å². The number of terminal acetylenes is 1. The summed E-state index contributed by atoms with van der Waals surface area (Å²) in [5, 5.41) is 23.3. The van der Waals surface area contributed by atoms with Gasteiger partial charge in [-0.1, -0.05) is 36.3 Å². The van der Waals surface area contributed by atoms with Crippen molar-refractivity contribution in [1.82, 2.24) is 0 Å². The third kappa shape index (κ3) is 4.12. The highest BCUT2D eigenvalue weighted by molar-refractivity contribution is 6.11. The summed E-state index contributed by atoms with van der Waals surface area (Å²) in [4.78, 5) is 12.6. The number of nitrogens with zero attached hydrogens (tertiary/aromatic N) is 1. The van der Waals surface area contributed by atoms with Crippen molar-refractivity contribution >= 4 is 28.4 Å². The van der Waals surface area contributed by atoms with Crippen molar-refractivity contribution in [2.75, 3.05) is 11.9 Å². The van der Waals surface area contributed by atoms with Crippen LogP contribution >= 0.6 is 0 Å². The number of carbonyl (C=O) groups excluding carboxylic acids is 1. The molecule has 0 aliphatic carbocycles. The molecule has 0 aliphatic rings. The maximum Gasteiger partial charge on any atom is 0.266 e. The first-order chi connectivity index (χ1) is 13.6. The van der Waals surface area contributed by atoms with E-state index in [-0.39, 0.29) is 17.9 Å². The van der Waals surface area contributed by atoms with Crippen LogP contribution in [0.25, 0.3) is 16.8 Å². The molecule has 1 amide bonds. The van der Waals surface area contributed by atoms with Crippen LogP contribution in [0, 0.1) is 23.7 Å². The van der Waals surface area contributed by atoms with E-state index in [2.05, 4.69) is 11.2 Å². The van der Waals surface area contributed by atoms with E-state index in [0.717, 1.165) is 10.8 Å². The first-order valence-electron chi connectivity index (χ1n) is 8.42. The number of hydrogen-bond donors (Lipinski definition) is 2. The van der Waals surface area contributed by atoms with Crippen LogP contribution < -0.4 is 10.1 Å². The van der Waals surface area contributed by atoms with E-state index in [1.54, 1.807) is 18.2 Å². The fourth-order valence-corrected chi connectivity index (χ4v) is 2.71. The molecule has 3 aromatic carbocycles. The number of fused-ring (bicyclic) bond motifs is 1. The summed E-state index contributed by atoms with van der Waals surface area (Å²) in [6.07, 6.45) is 6.78. The molecule has 0 aliphatic heterocycles. The number of anilines is 1. The minimum Gasteiger partial charge on any atom is -0.508 e. The summed E-state index contributed by atoms with van der Waals surface area (Å²) in [5.74, 6) is 2.42. The molecule has 0 spiro atoms. The Morgan fingerprint density at radius 3 is 2.61 bits per heavy atom. The molecule has 28 heavy (non-hydrogen) atoms. The average molecular weight is 368 g/mol. The van der Waals surface area contributed by atoms with Gasteiger partial charge in [-0.3, -0.25) is 4.79 Å². The molecule has 0 unspecified atom stereocenters. The van der Waals surface area contributed by atoms with Crippen molar-refractivity contribution in [3.8, 4) is 29.9 Å². The standard InChI is InChI=1S/C23H16N2O3/c1-2-13-28-22-12-7-16-5-3-4-6-20(16)21(22)14-17(15-24)23(27)25-18-8-10-19(26)11-9-18/h1,3-12,14,26H,13H2,(H,25,27)/b17-14+. The molecular weight excluding hydrogens is 352 g/mol. The third-order valence-electron chi connectivity index (χ3n) is 4.02. The Bertz CT molecular complexity index is 1130. The van der Waals surface area contributed by atoms with Crippen LogP contribution in [0.15, 0.2) is 66.2 Å². The van der Waals surface area contributed by atoms with E-state index >= 15 is 0 Å². The Morgan fingerprint density at radius 2 is 1.89 bits per heavy atom. The van der Waals surface area contributed by atoms with E-state index in [1.807, 2.05) is 36.4 Å². The summed E-state index contributed by atoms with van der Waals surface area (Å²) in [6.45, 7) is 0.0702. The van der Waals surface area contributed by atoms with Crippen LogP contribution in [-0.2, 0) is 4.79 Å². The van der Waals surface area contributed by atoms with E-state index < -0.39 is 5.91 Å². The van der Waals surface area contributed by atoms with E-state index in [1.165, 1.54) is 18.2 Å². The van der Waals surface area contributed by atoms with Crippen molar-refractivity contribution in [2.45, 2.75) is 0 Å². The maximum absolute atomic E-state index is 12.6. The second-order valence-corrected chi connectivity index (χ2v) is 5.86. The maximum atomic E-state index is 12.6. The third-order valence-corrected chi connectivity index (χ3v) is 4.02. The zero-order chi connectivity index (χ0) is 19.9. The van der Waals surface area contributed by atoms with Gasteiger partial charge in [0.05, 0.1) is 0 Å². The van der Waals surface area contributed by atoms with E-state index in [9.17, 15) is 15.2 Å². The lowest BCUT2D eigenvalue weighted by molar-refractivity contribution is -0.112. The molecular formula is C23H16N2O3. The molecule has 0 saturated heterocycles. The van der Waals surface area contributed by atoms with Gasteiger partial charge in [-0.25, -0.2) is 0 Å². The van der Waals surface area contributed by atoms with Gasteiger partial charge < -0.3 is 15.2 Å². The number of hydrogen-bond acceptors (Lipinski definition) is 4. The lowest BCUT2D eigenvalue weighted by atomic mass is 10.0. The van der Waals surface area contributed by atoms with E-state index in [4.69, 9.17) is 11.2 Å². The normalized spacial score (nSPS) is 10.7. The fourth-order valence-electron chi connectivity index (χ4n) is 2.71. The van der Waals surface area contributed by atoms with Gasteiger partial charge in [-0.15, -0.1) is 6.42 Å². The average Bonchev–Trinajstić information content (AvgIpc) is 2.72. The summed E-state index contributed by atoms with van der Waals surface area (Å²) in [5.41, 5.74) is 0.978. The van der Waals surface area contributed by atoms with Crippen LogP contribution in [0.5, 0.6) is 11.5 Å². The van der Waals surface area contributed by atoms with Crippen LogP contribution in [0.4, 0.5) is 5.69 Å². The number of phenolic OH excluding ortho intramolecular Hbond substituents is 1. The second-order valence-electron chi connectivity index (χ2n) is 5.86. The number of ether oxygens (including phenoxy) is 1. The van der Waals surface area contributed by atoms with Crippen molar-refractivity contribution < 1.29 is 14.6 Å². The first-order valence-corrected chi connectivity index (χ1v) is 8.42. The Balaban J connectivity index is 2.02. The number of carbonyl (C=O) groups is 1. The Morgan fingerprint density at radius 1 is 1.14 bits per heavy atom. The number of amides is 1. The molecule has 0 saturated carbocycles. The number of nitrogens with one attached hydrogen (secondary N) is 1. The highest BCUT2D eigenvalue weighted by Gasteiger charge is 2.13. The van der Waals surface area contributed by atoms with Crippen LogP contribution in [0.1, 0.15) is 5.56 Å². The smallest absolute Gasteiger partial charge is 0.266 e. The molecule has 2 N–H and O–H groups in total. The number of rotatable bonds is 5. The predicted octanol–water partition coefficient (Wildman–Crippen LogP) is 4.10. The van der Waals surface area contributed by atoms with E-state index in [0.29, 0.717) is 17.0 Å². The highest BCUT2D eigenvalue weighted by Crippen LogP contribution is 2.30. The van der Waals surface area contributed by atoms with Crippen LogP contribution in [0.2, 0.25) is 0 Å². The molecule has 5 heteroatoms. The van der Waals surface area contributed by atoms with Gasteiger partial charge >= 0.3 is 0 Å². The molecule has 136 valence electrons. The SMILES string of the molecule is C#CCOc1ccc2ccccc2c1/C=C(\C#N)C(=O)Nc1ccc(O)cc1. The van der Waals surface area contributed by atoms with Crippen LogP contribution in [0.3, 0.4) is 0 Å². The summed E-state index contributed by atoms with van der Waals surface area (Å²) >= 11 is 0. The first kappa shape index (κ1) is 18.6. The molecule has 0 atom stereocenters. The Labute approximate surface area is 162 Å². The lowest BCUT2D eigenvalue weighted by Gasteiger charge is -2.11. The minimum absolute atomic E-state index is 0.0702. The summed E-state index contributed by atoms with van der Waals surface area (Å²) in [6, 6.07) is 19.2. The van der Waals surface area contributed by atoms with Gasteiger partial charge in [-0.2, -0.15) is 5.26 Å². The zero-order valence-electron chi connectivity index (χ0n) is 14.8. The molecule has 3 rings (SSSR count). The van der Waals surface area contributed by atoms with Crippen molar-refractivity contribution in [1.29, 1.82) is 5.26 Å². The monoisotopic (exact) mass is 368 g/mol. The fraction of sp³-hybridized carbons (Fsp3) is 0.0435. The number of phenols is 1. The number of benzene rings is 3. The topological polar surface area (TPSA) is 82.3 Å². The Hall–Kier alpha value is -4.22. The Kier molecular flexibility index (Phi) is 5.60. The molecule has 0 fully saturated rings. The van der Waals surface area contributed by atoms with Gasteiger partial charge in [-0.05, 0) is 47.2 Å². The minimum atomic E-state index is -0.566. The van der Waals surface area contributed by atoms with Crippen LogP contribution in [-0.4, -0.2) is 17.6 Å². The lowest BCUT2D eigenvalue weighted by Crippen LogP contribution is -2.13. The van der Waals surface area contributed by atoms with Crippen molar-refractivity contribution in [3.63, 3.8) is 0 Å². The van der Waals surface area contributed by atoms with Gasteiger partial charge in [0.25, 0.3) is 5.91 Å². The van der Waals surface area contributed by atoms with Gasteiger partial charge in [0.2, 0.25) is 0 Å². The number of aromatic hydroxyl groups is 1. The molecule has 0 aromatic heterocycles. The predicted molar refractivity (Wildman–Crippen MR) is 109 cm³/mol. The van der Waals surface area contributed by atoms with Crippen molar-refractivity contribution in [3.05, 3.63) is 71.8 Å². The molecule has 0 radical (unpaired) electrons. The molecule has 5 nitrogen and oxygen atoms in total. The zero-order valence-corrected chi connectivity index (χ0v) is 14.8. The van der Waals surface area contributed by atoms with Gasteiger partial charge in [0, 0.05) is 11.3 Å². The molecule has 0 bridgehead atoms.